The fraction of sp³-hybridized carbons (Fsp3) is 0.308. The van der Waals surface area contributed by atoms with E-state index in [-0.39, 0.29) is 11.4 Å². The number of rotatable bonds is 8. The van der Waals surface area contributed by atoms with E-state index in [0.29, 0.717) is 12.2 Å². The third-order valence-corrected chi connectivity index (χ3v) is 2.51. The molecule has 0 spiro atoms. The molecule has 0 aliphatic heterocycles. The molecule has 0 fully saturated rings. The number of hydrogen-bond donors (Lipinski definition) is 3. The number of benzene rings is 1. The minimum atomic E-state index is -0.759. The van der Waals surface area contributed by atoms with Crippen molar-refractivity contribution in [1.82, 2.24) is 10.9 Å². The second kappa shape index (κ2) is 8.41. The van der Waals surface area contributed by atoms with E-state index in [1.54, 1.807) is 18.2 Å². The average Bonchev–Trinajstić information content (AvgIpc) is 2.43. The van der Waals surface area contributed by atoms with Gasteiger partial charge in [-0.2, -0.15) is 0 Å². The van der Waals surface area contributed by atoms with Crippen LogP contribution in [0.15, 0.2) is 24.4 Å². The Bertz CT molecular complexity index is 531. The van der Waals surface area contributed by atoms with Crippen molar-refractivity contribution >= 4 is 17.8 Å². The van der Waals surface area contributed by atoms with E-state index in [0.717, 1.165) is 12.8 Å². The number of nitro groups is 1. The SMILES string of the molecule is CCCCOc1cccc(/C=C/NNC(N)=O)c1[N+](=O)[O-]. The third-order valence-electron chi connectivity index (χ3n) is 2.51. The second-order valence-corrected chi connectivity index (χ2v) is 4.12. The largest absolute Gasteiger partial charge is 0.487 e. The van der Waals surface area contributed by atoms with Crippen LogP contribution in [0.5, 0.6) is 5.75 Å². The van der Waals surface area contributed by atoms with Crippen LogP contribution in [0.1, 0.15) is 25.3 Å². The zero-order chi connectivity index (χ0) is 15.7. The zero-order valence-electron chi connectivity index (χ0n) is 11.7. The van der Waals surface area contributed by atoms with E-state index in [9.17, 15) is 14.9 Å². The molecule has 0 saturated heterocycles. The third kappa shape index (κ3) is 5.39. The minimum absolute atomic E-state index is 0.120. The van der Waals surface area contributed by atoms with Crippen LogP contribution in [0.3, 0.4) is 0 Å². The van der Waals surface area contributed by atoms with Crippen molar-refractivity contribution in [2.45, 2.75) is 19.8 Å². The molecular formula is C13H18N4O4. The molecule has 0 saturated carbocycles. The van der Waals surface area contributed by atoms with Gasteiger partial charge in [0.25, 0.3) is 0 Å². The number of nitro benzene ring substituents is 1. The summed E-state index contributed by atoms with van der Waals surface area (Å²) in [4.78, 5) is 21.2. The number of nitrogens with one attached hydrogen (secondary N) is 2. The van der Waals surface area contributed by atoms with Crippen LogP contribution < -0.4 is 21.3 Å². The Balaban J connectivity index is 2.89. The first-order chi connectivity index (χ1) is 10.1. The van der Waals surface area contributed by atoms with Crippen LogP contribution in [-0.4, -0.2) is 17.6 Å². The van der Waals surface area contributed by atoms with Crippen LogP contribution in [0.25, 0.3) is 6.08 Å². The Labute approximate surface area is 122 Å². The number of hydrogen-bond acceptors (Lipinski definition) is 5. The van der Waals surface area contributed by atoms with Gasteiger partial charge in [0.1, 0.15) is 0 Å². The maximum absolute atomic E-state index is 11.2. The molecule has 0 bridgehead atoms. The highest BCUT2D eigenvalue weighted by Gasteiger charge is 2.19. The number of unbranched alkanes of at least 4 members (excludes halogenated alkanes) is 1. The maximum Gasteiger partial charge on any atom is 0.330 e. The van der Waals surface area contributed by atoms with E-state index in [4.69, 9.17) is 10.5 Å². The second-order valence-electron chi connectivity index (χ2n) is 4.12. The maximum atomic E-state index is 11.2. The van der Waals surface area contributed by atoms with Crippen LogP contribution >= 0.6 is 0 Å². The lowest BCUT2D eigenvalue weighted by atomic mass is 10.1. The molecule has 0 aliphatic rings. The molecule has 0 aliphatic carbocycles. The molecule has 1 aromatic rings. The van der Waals surface area contributed by atoms with Gasteiger partial charge in [-0.05, 0) is 24.6 Å². The van der Waals surface area contributed by atoms with Gasteiger partial charge < -0.3 is 15.9 Å². The van der Waals surface area contributed by atoms with E-state index in [1.807, 2.05) is 6.92 Å². The summed E-state index contributed by atoms with van der Waals surface area (Å²) in [7, 11) is 0. The number of nitrogens with zero attached hydrogens (tertiary/aromatic N) is 1. The molecule has 0 atom stereocenters. The van der Waals surface area contributed by atoms with Gasteiger partial charge in [0, 0.05) is 6.20 Å². The summed E-state index contributed by atoms with van der Waals surface area (Å²) in [6.45, 7) is 2.43. The normalized spacial score (nSPS) is 10.3. The quantitative estimate of drug-likeness (QED) is 0.384. The van der Waals surface area contributed by atoms with Crippen molar-refractivity contribution in [1.29, 1.82) is 0 Å². The molecule has 4 N–H and O–H groups in total. The van der Waals surface area contributed by atoms with E-state index in [1.165, 1.54) is 12.3 Å². The number of ether oxygens (including phenoxy) is 1. The Hall–Kier alpha value is -2.77. The number of hydrazine groups is 1. The van der Waals surface area contributed by atoms with Gasteiger partial charge in [-0.3, -0.25) is 15.5 Å². The molecule has 1 aromatic carbocycles. The van der Waals surface area contributed by atoms with Gasteiger partial charge in [0.15, 0.2) is 5.75 Å². The highest BCUT2D eigenvalue weighted by Crippen LogP contribution is 2.31. The number of amides is 2. The predicted octanol–water partition coefficient (Wildman–Crippen LogP) is 1.92. The minimum Gasteiger partial charge on any atom is -0.487 e. The van der Waals surface area contributed by atoms with Gasteiger partial charge in [0.2, 0.25) is 0 Å². The fourth-order valence-corrected chi connectivity index (χ4v) is 1.56. The van der Waals surface area contributed by atoms with Crippen LogP contribution in [-0.2, 0) is 0 Å². The Kier molecular flexibility index (Phi) is 6.52. The number of para-hydroxylation sites is 1. The standard InChI is InChI=1S/C13H18N4O4/c1-2-3-9-21-11-6-4-5-10(12(11)17(19)20)7-8-15-16-13(14)18/h4-8,15H,2-3,9H2,1H3,(H3,14,16,18)/b8-7+. The summed E-state index contributed by atoms with van der Waals surface area (Å²) in [5, 5.41) is 11.2. The topological polar surface area (TPSA) is 120 Å². The fourth-order valence-electron chi connectivity index (χ4n) is 1.56. The molecule has 0 radical (unpaired) electrons. The number of urea groups is 1. The number of carbonyl (C=O) groups excluding carboxylic acids is 1. The lowest BCUT2D eigenvalue weighted by Gasteiger charge is -2.07. The first-order valence-corrected chi connectivity index (χ1v) is 6.44. The first-order valence-electron chi connectivity index (χ1n) is 6.44. The first kappa shape index (κ1) is 16.3. The highest BCUT2D eigenvalue weighted by molar-refractivity contribution is 5.71. The molecule has 0 aromatic heterocycles. The molecule has 8 heteroatoms. The highest BCUT2D eigenvalue weighted by atomic mass is 16.6. The number of nitrogens with two attached hydrogens (primary N) is 1. The van der Waals surface area contributed by atoms with Crippen molar-refractivity contribution in [2.24, 2.45) is 5.73 Å². The monoisotopic (exact) mass is 294 g/mol. The van der Waals surface area contributed by atoms with Gasteiger partial charge in [0.05, 0.1) is 17.1 Å². The number of primary amides is 1. The van der Waals surface area contributed by atoms with Crippen LogP contribution in [0, 0.1) is 10.1 Å². The summed E-state index contributed by atoms with van der Waals surface area (Å²) >= 11 is 0. The number of carbonyl (C=O) groups is 1. The van der Waals surface area contributed by atoms with Crippen LogP contribution in [0.2, 0.25) is 0 Å². The van der Waals surface area contributed by atoms with Gasteiger partial charge >= 0.3 is 11.7 Å². The Morgan fingerprint density at radius 2 is 2.29 bits per heavy atom. The molecule has 0 heterocycles. The van der Waals surface area contributed by atoms with E-state index >= 15 is 0 Å². The lowest BCUT2D eigenvalue weighted by molar-refractivity contribution is -0.386. The summed E-state index contributed by atoms with van der Waals surface area (Å²) in [5.41, 5.74) is 9.63. The van der Waals surface area contributed by atoms with Crippen molar-refractivity contribution < 1.29 is 14.5 Å². The molecule has 2 amide bonds. The lowest BCUT2D eigenvalue weighted by Crippen LogP contribution is -2.37. The van der Waals surface area contributed by atoms with Gasteiger partial charge in [-0.1, -0.05) is 19.4 Å². The molecule has 8 nitrogen and oxygen atoms in total. The van der Waals surface area contributed by atoms with Gasteiger partial charge in [-0.25, -0.2) is 4.79 Å². The smallest absolute Gasteiger partial charge is 0.330 e. The summed E-state index contributed by atoms with van der Waals surface area (Å²) < 4.78 is 5.44. The van der Waals surface area contributed by atoms with Crippen molar-refractivity contribution in [3.63, 3.8) is 0 Å². The van der Waals surface area contributed by atoms with Crippen LogP contribution in [0.4, 0.5) is 10.5 Å². The van der Waals surface area contributed by atoms with Gasteiger partial charge in [-0.15, -0.1) is 0 Å². The van der Waals surface area contributed by atoms with Crippen molar-refractivity contribution in [3.8, 4) is 5.75 Å². The summed E-state index contributed by atoms with van der Waals surface area (Å²) in [6.07, 6.45) is 4.54. The zero-order valence-corrected chi connectivity index (χ0v) is 11.7. The molecule has 0 unspecified atom stereocenters. The molecular weight excluding hydrogens is 276 g/mol. The van der Waals surface area contributed by atoms with Crippen molar-refractivity contribution in [2.75, 3.05) is 6.61 Å². The van der Waals surface area contributed by atoms with E-state index in [2.05, 4.69) is 10.9 Å². The summed E-state index contributed by atoms with van der Waals surface area (Å²) in [6, 6.07) is 4.04. The Morgan fingerprint density at radius 1 is 1.52 bits per heavy atom. The molecule has 114 valence electrons. The predicted molar refractivity (Wildman–Crippen MR) is 78.4 cm³/mol. The van der Waals surface area contributed by atoms with Crippen molar-refractivity contribution in [3.05, 3.63) is 40.1 Å². The Morgan fingerprint density at radius 3 is 2.90 bits per heavy atom. The van der Waals surface area contributed by atoms with E-state index < -0.39 is 11.0 Å². The molecule has 21 heavy (non-hydrogen) atoms. The average molecular weight is 294 g/mol. The summed E-state index contributed by atoms with van der Waals surface area (Å²) in [5.74, 6) is 0.221. The molecule has 1 rings (SSSR count).